The molecule has 2 aliphatic rings. The number of anilines is 3. The van der Waals surface area contributed by atoms with Gasteiger partial charge in [-0.05, 0) is 98.6 Å². The molecule has 1 aromatic heterocycles. The molecule has 0 radical (unpaired) electrons. The first-order valence-electron chi connectivity index (χ1n) is 21.7. The molecule has 2 unspecified atom stereocenters. The van der Waals surface area contributed by atoms with Gasteiger partial charge in [-0.2, -0.15) is 0 Å². The lowest BCUT2D eigenvalue weighted by molar-refractivity contribution is 0.270. The Bertz CT molecular complexity index is 3380. The van der Waals surface area contributed by atoms with E-state index in [0.717, 1.165) is 67.0 Å². The van der Waals surface area contributed by atoms with Gasteiger partial charge in [0.1, 0.15) is 23.0 Å². The van der Waals surface area contributed by atoms with Gasteiger partial charge in [-0.1, -0.05) is 188 Å². The predicted molar refractivity (Wildman–Crippen MR) is 261 cm³/mol. The first kappa shape index (κ1) is 36.7. The molecule has 3 nitrogen and oxygen atoms in total. The van der Waals surface area contributed by atoms with Crippen molar-refractivity contribution in [3.8, 4) is 61.4 Å². The zero-order chi connectivity index (χ0) is 41.7. The summed E-state index contributed by atoms with van der Waals surface area (Å²) in [5.41, 5.74) is 17.7. The molecule has 3 heteroatoms. The molecule has 0 saturated heterocycles. The number of furan rings is 1. The minimum atomic E-state index is 0.0270. The molecule has 0 fully saturated rings. The fraction of sp³-hybridized carbons (Fsp3) is 0.0333. The number of para-hydroxylation sites is 2. The quantitative estimate of drug-likeness (QED) is 0.153. The van der Waals surface area contributed by atoms with Gasteiger partial charge >= 0.3 is 0 Å². The minimum absolute atomic E-state index is 0.0270. The Morgan fingerprint density at radius 3 is 1.81 bits per heavy atom. The van der Waals surface area contributed by atoms with E-state index in [9.17, 15) is 0 Å². The summed E-state index contributed by atoms with van der Waals surface area (Å²) < 4.78 is 13.1. The molecule has 1 aliphatic heterocycles. The second kappa shape index (κ2) is 15.4. The Morgan fingerprint density at radius 2 is 0.984 bits per heavy atom. The molecule has 0 spiro atoms. The van der Waals surface area contributed by atoms with Gasteiger partial charge in [-0.25, -0.2) is 0 Å². The molecule has 0 saturated carbocycles. The van der Waals surface area contributed by atoms with E-state index in [1.165, 1.54) is 38.9 Å². The highest BCUT2D eigenvalue weighted by Crippen LogP contribution is 2.49. The van der Waals surface area contributed by atoms with Crippen LogP contribution in [0, 0.1) is 0 Å². The molecule has 0 N–H and O–H groups in total. The van der Waals surface area contributed by atoms with Crippen molar-refractivity contribution >= 4 is 39.0 Å². The van der Waals surface area contributed by atoms with Crippen molar-refractivity contribution in [3.05, 3.63) is 242 Å². The number of hydrogen-bond acceptors (Lipinski definition) is 3. The van der Waals surface area contributed by atoms with Gasteiger partial charge in [-0.3, -0.25) is 0 Å². The van der Waals surface area contributed by atoms with E-state index in [1.807, 2.05) is 6.07 Å². The number of benzene rings is 9. The highest BCUT2D eigenvalue weighted by Gasteiger charge is 2.34. The Hall–Kier alpha value is -8.14. The van der Waals surface area contributed by atoms with Crippen LogP contribution in [0.15, 0.2) is 241 Å². The summed E-state index contributed by atoms with van der Waals surface area (Å²) in [6, 6.07) is 76.2. The van der Waals surface area contributed by atoms with Crippen molar-refractivity contribution in [3.63, 3.8) is 0 Å². The van der Waals surface area contributed by atoms with E-state index in [4.69, 9.17) is 9.15 Å². The Labute approximate surface area is 367 Å². The fourth-order valence-electron chi connectivity index (χ4n) is 9.78. The number of ether oxygens (including phenoxy) is 1. The zero-order valence-corrected chi connectivity index (χ0v) is 34.4. The molecule has 9 aromatic carbocycles. The van der Waals surface area contributed by atoms with Gasteiger partial charge in [0.15, 0.2) is 0 Å². The lowest BCUT2D eigenvalue weighted by Gasteiger charge is -2.27. The maximum Gasteiger partial charge on any atom is 0.137 e. The average molecular weight is 808 g/mol. The van der Waals surface area contributed by atoms with E-state index in [1.54, 1.807) is 0 Å². The monoisotopic (exact) mass is 807 g/mol. The van der Waals surface area contributed by atoms with Gasteiger partial charge in [0.2, 0.25) is 0 Å². The van der Waals surface area contributed by atoms with Crippen LogP contribution >= 0.6 is 0 Å². The number of nitrogens with zero attached hydrogens (tertiary/aromatic N) is 1. The lowest BCUT2D eigenvalue weighted by Crippen LogP contribution is -2.15. The molecule has 1 aliphatic carbocycles. The minimum Gasteiger partial charge on any atom is -0.484 e. The largest absolute Gasteiger partial charge is 0.484 e. The smallest absolute Gasteiger partial charge is 0.137 e. The van der Waals surface area contributed by atoms with Gasteiger partial charge in [0.25, 0.3) is 0 Å². The molecule has 0 amide bonds. The highest BCUT2D eigenvalue weighted by atomic mass is 16.5. The van der Waals surface area contributed by atoms with Gasteiger partial charge in [0, 0.05) is 33.8 Å². The van der Waals surface area contributed by atoms with Crippen molar-refractivity contribution in [1.82, 2.24) is 0 Å². The summed E-state index contributed by atoms with van der Waals surface area (Å²) in [6.45, 7) is 0. The Kier molecular flexibility index (Phi) is 8.97. The molecule has 2 atom stereocenters. The van der Waals surface area contributed by atoms with Gasteiger partial charge < -0.3 is 14.1 Å². The normalized spacial score (nSPS) is 15.0. The van der Waals surface area contributed by atoms with Crippen molar-refractivity contribution in [2.24, 2.45) is 0 Å². The summed E-state index contributed by atoms with van der Waals surface area (Å²) in [7, 11) is 0. The first-order valence-corrected chi connectivity index (χ1v) is 21.7. The number of fused-ring (bicyclic) bond motifs is 6. The van der Waals surface area contributed by atoms with Crippen LogP contribution in [0.2, 0.25) is 0 Å². The molecular formula is C60H41NO2. The number of allylic oxidation sites excluding steroid dienone is 2. The maximum absolute atomic E-state index is 6.60. The second-order valence-corrected chi connectivity index (χ2v) is 16.3. The van der Waals surface area contributed by atoms with Crippen molar-refractivity contribution in [1.29, 1.82) is 0 Å². The molecule has 2 heterocycles. The van der Waals surface area contributed by atoms with Crippen LogP contribution in [-0.2, 0) is 0 Å². The standard InChI is InChI=1S/C60H41NO2/c1-3-17-40(18-4-1)46-23-7-8-25-51(46)58-47(41-19-5-2-6-20-41)27-14-28-48(58)43-21-13-22-45(39-43)61(54-31-16-34-57-59(54)53-26-10-12-33-56(53)62-57)44-37-35-42(36-38-44)49-29-15-30-52-50-24-9-11-32-55(50)63-60(49)52/h1-39,50,55H. The van der Waals surface area contributed by atoms with Crippen molar-refractivity contribution < 1.29 is 9.15 Å². The van der Waals surface area contributed by atoms with Crippen LogP contribution in [0.4, 0.5) is 17.1 Å². The summed E-state index contributed by atoms with van der Waals surface area (Å²) in [5.74, 6) is 1.20. The SMILES string of the molecule is C1=CC2Oc3c(-c4ccc(N(c5cccc(-c6cccc(-c7ccccc7)c6-c6ccccc6-c6ccccc6)c5)c5cccc6oc7ccccc7c56)cc4)cccc3C2C=C1. The summed E-state index contributed by atoms with van der Waals surface area (Å²) in [5, 5.41) is 2.15. The molecule has 10 aromatic rings. The zero-order valence-electron chi connectivity index (χ0n) is 34.4. The van der Waals surface area contributed by atoms with Crippen LogP contribution in [0.1, 0.15) is 11.5 Å². The Balaban J connectivity index is 1.04. The van der Waals surface area contributed by atoms with Crippen molar-refractivity contribution in [2.75, 3.05) is 4.90 Å². The van der Waals surface area contributed by atoms with Gasteiger partial charge in [0.05, 0.1) is 11.1 Å². The van der Waals surface area contributed by atoms with Crippen LogP contribution in [-0.4, -0.2) is 6.10 Å². The third kappa shape index (κ3) is 6.36. The summed E-state index contributed by atoms with van der Waals surface area (Å²) >= 11 is 0. The van der Waals surface area contributed by atoms with E-state index >= 15 is 0 Å². The lowest BCUT2D eigenvalue weighted by atomic mass is 9.84. The van der Waals surface area contributed by atoms with E-state index in [2.05, 4.69) is 235 Å². The fourth-order valence-corrected chi connectivity index (χ4v) is 9.78. The second-order valence-electron chi connectivity index (χ2n) is 16.3. The summed E-state index contributed by atoms with van der Waals surface area (Å²) in [4.78, 5) is 2.38. The molecule has 63 heavy (non-hydrogen) atoms. The predicted octanol–water partition coefficient (Wildman–Crippen LogP) is 16.4. The highest BCUT2D eigenvalue weighted by molar-refractivity contribution is 6.13. The Morgan fingerprint density at radius 1 is 0.397 bits per heavy atom. The van der Waals surface area contributed by atoms with E-state index < -0.39 is 0 Å². The molecule has 12 rings (SSSR count). The van der Waals surface area contributed by atoms with Crippen molar-refractivity contribution in [2.45, 2.75) is 12.0 Å². The van der Waals surface area contributed by atoms with Crippen LogP contribution in [0.3, 0.4) is 0 Å². The molecule has 0 bridgehead atoms. The third-order valence-corrected chi connectivity index (χ3v) is 12.6. The third-order valence-electron chi connectivity index (χ3n) is 12.6. The number of hydrogen-bond donors (Lipinski definition) is 0. The molecule has 298 valence electrons. The average Bonchev–Trinajstić information content (AvgIpc) is 3.94. The van der Waals surface area contributed by atoms with Crippen LogP contribution in [0.5, 0.6) is 5.75 Å². The molecular weight excluding hydrogens is 767 g/mol. The van der Waals surface area contributed by atoms with Crippen LogP contribution in [0.25, 0.3) is 77.6 Å². The maximum atomic E-state index is 6.60. The number of rotatable bonds is 8. The van der Waals surface area contributed by atoms with E-state index in [0.29, 0.717) is 0 Å². The summed E-state index contributed by atoms with van der Waals surface area (Å²) in [6.07, 6.45) is 8.64. The topological polar surface area (TPSA) is 25.6 Å². The first-order chi connectivity index (χ1) is 31.3. The van der Waals surface area contributed by atoms with Crippen LogP contribution < -0.4 is 9.64 Å². The van der Waals surface area contributed by atoms with Gasteiger partial charge in [-0.15, -0.1) is 0 Å². The van der Waals surface area contributed by atoms with E-state index in [-0.39, 0.29) is 12.0 Å².